The first-order chi connectivity index (χ1) is 14.8. The van der Waals surface area contributed by atoms with Gasteiger partial charge in [-0.3, -0.25) is 4.68 Å². The Balaban J connectivity index is 1.67. The van der Waals surface area contributed by atoms with E-state index in [2.05, 4.69) is 18.9 Å². The quantitative estimate of drug-likeness (QED) is 0.584. The van der Waals surface area contributed by atoms with Gasteiger partial charge in [-0.1, -0.05) is 20.3 Å². The molecule has 0 spiro atoms. The molecule has 0 atom stereocenters. The Labute approximate surface area is 185 Å². The third kappa shape index (κ3) is 6.21. The van der Waals surface area contributed by atoms with Crippen LogP contribution in [0.1, 0.15) is 63.8 Å². The Morgan fingerprint density at radius 2 is 2.00 bits per heavy atom. The number of carbonyl (C=O) groups is 1. The van der Waals surface area contributed by atoms with Crippen LogP contribution in [0.3, 0.4) is 0 Å². The van der Waals surface area contributed by atoms with Gasteiger partial charge in [-0.05, 0) is 57.1 Å². The Morgan fingerprint density at radius 1 is 1.26 bits per heavy atom. The molecule has 31 heavy (non-hydrogen) atoms. The summed E-state index contributed by atoms with van der Waals surface area (Å²) in [5.41, 5.74) is 3.36. The van der Waals surface area contributed by atoms with Crippen molar-refractivity contribution in [3.05, 3.63) is 29.7 Å². The molecule has 7 heteroatoms. The van der Waals surface area contributed by atoms with Crippen molar-refractivity contribution >= 4 is 6.09 Å². The van der Waals surface area contributed by atoms with E-state index in [1.54, 1.807) is 22.8 Å². The summed E-state index contributed by atoms with van der Waals surface area (Å²) in [5, 5.41) is 4.36. The summed E-state index contributed by atoms with van der Waals surface area (Å²) < 4.78 is 13.5. The first-order valence-corrected chi connectivity index (χ1v) is 11.4. The van der Waals surface area contributed by atoms with E-state index in [9.17, 15) is 4.79 Å². The third-order valence-electron chi connectivity index (χ3n) is 5.91. The molecular formula is C24H36N4O3. The van der Waals surface area contributed by atoms with E-state index in [1.807, 2.05) is 26.1 Å². The summed E-state index contributed by atoms with van der Waals surface area (Å²) in [6.07, 6.45) is 8.69. The monoisotopic (exact) mass is 428 g/mol. The highest BCUT2D eigenvalue weighted by atomic mass is 16.6. The number of ether oxygens (including phenoxy) is 2. The molecule has 1 saturated carbocycles. The summed E-state index contributed by atoms with van der Waals surface area (Å²) in [5.74, 6) is 1.39. The van der Waals surface area contributed by atoms with Crippen molar-refractivity contribution in [3.8, 4) is 17.0 Å². The number of rotatable bonds is 8. The molecule has 0 unspecified atom stereocenters. The lowest BCUT2D eigenvalue weighted by molar-refractivity contribution is 0.101. The number of nitrogens with zero attached hydrogens (tertiary/aromatic N) is 4. The number of hydrogen-bond acceptors (Lipinski definition) is 5. The molecule has 0 radical (unpaired) electrons. The van der Waals surface area contributed by atoms with Gasteiger partial charge in [-0.15, -0.1) is 0 Å². The van der Waals surface area contributed by atoms with Gasteiger partial charge >= 0.3 is 6.09 Å². The number of aryl methyl sites for hydroxylation is 2. The van der Waals surface area contributed by atoms with Crippen molar-refractivity contribution in [2.75, 3.05) is 13.6 Å². The normalized spacial score (nSPS) is 14.6. The molecule has 3 rings (SSSR count). The van der Waals surface area contributed by atoms with E-state index >= 15 is 0 Å². The van der Waals surface area contributed by atoms with Crippen LogP contribution >= 0.6 is 0 Å². The zero-order valence-corrected chi connectivity index (χ0v) is 19.6. The van der Waals surface area contributed by atoms with Gasteiger partial charge in [0.2, 0.25) is 0 Å². The molecule has 0 bridgehead atoms. The molecular weight excluding hydrogens is 392 g/mol. The van der Waals surface area contributed by atoms with E-state index in [1.165, 1.54) is 19.3 Å². The van der Waals surface area contributed by atoms with Gasteiger partial charge < -0.3 is 14.4 Å². The fourth-order valence-electron chi connectivity index (χ4n) is 3.82. The minimum Gasteiger partial charge on any atom is -0.489 e. The largest absolute Gasteiger partial charge is 0.489 e. The van der Waals surface area contributed by atoms with Crippen LogP contribution in [-0.2, 0) is 18.4 Å². The van der Waals surface area contributed by atoms with E-state index in [4.69, 9.17) is 14.5 Å². The maximum atomic E-state index is 12.3. The number of carbonyl (C=O) groups excluding carboxylic acids is 1. The van der Waals surface area contributed by atoms with Crippen molar-refractivity contribution < 1.29 is 14.3 Å². The molecule has 1 aliphatic rings. The fraction of sp³-hybridized carbons (Fsp3) is 0.625. The van der Waals surface area contributed by atoms with Gasteiger partial charge in [0, 0.05) is 26.2 Å². The summed E-state index contributed by atoms with van der Waals surface area (Å²) in [6, 6.07) is 3.96. The van der Waals surface area contributed by atoms with Crippen LogP contribution in [0, 0.1) is 12.8 Å². The maximum Gasteiger partial charge on any atom is 0.409 e. The molecule has 7 nitrogen and oxygen atoms in total. The highest BCUT2D eigenvalue weighted by molar-refractivity contribution is 5.68. The minimum atomic E-state index is -0.326. The van der Waals surface area contributed by atoms with Gasteiger partial charge in [-0.25, -0.2) is 9.78 Å². The Bertz CT molecular complexity index is 872. The standard InChI is InChI=1S/C24H36N4O3/c1-17(2)13-14-27(4)24(29)30-16-22-20(15-25-28(22)5)21-11-12-23(18(3)26-21)31-19-9-7-6-8-10-19/h11-12,15,17,19H,6-10,13-14,16H2,1-5H3. The van der Waals surface area contributed by atoms with Crippen LogP contribution in [-0.4, -0.2) is 45.5 Å². The lowest BCUT2D eigenvalue weighted by Crippen LogP contribution is -2.29. The number of pyridine rings is 1. The predicted octanol–water partition coefficient (Wildman–Crippen LogP) is 5.12. The van der Waals surface area contributed by atoms with Gasteiger partial charge in [0.1, 0.15) is 12.4 Å². The Morgan fingerprint density at radius 3 is 2.68 bits per heavy atom. The van der Waals surface area contributed by atoms with Crippen molar-refractivity contribution in [1.82, 2.24) is 19.7 Å². The number of hydrogen-bond donors (Lipinski definition) is 0. The average Bonchev–Trinajstić information content (AvgIpc) is 3.12. The molecule has 0 aliphatic heterocycles. The highest BCUT2D eigenvalue weighted by Gasteiger charge is 2.19. The Hall–Kier alpha value is -2.57. The van der Waals surface area contributed by atoms with E-state index < -0.39 is 0 Å². The van der Waals surface area contributed by atoms with Gasteiger partial charge in [0.15, 0.2) is 0 Å². The molecule has 2 heterocycles. The number of amides is 1. The third-order valence-corrected chi connectivity index (χ3v) is 5.91. The van der Waals surface area contributed by atoms with Crippen LogP contribution < -0.4 is 4.74 Å². The predicted molar refractivity (Wildman–Crippen MR) is 121 cm³/mol. The molecule has 1 aliphatic carbocycles. The van der Waals surface area contributed by atoms with Crippen LogP contribution in [0.5, 0.6) is 5.75 Å². The van der Waals surface area contributed by atoms with Crippen molar-refractivity contribution in [3.63, 3.8) is 0 Å². The lowest BCUT2D eigenvalue weighted by atomic mass is 9.98. The summed E-state index contributed by atoms with van der Waals surface area (Å²) in [4.78, 5) is 18.7. The van der Waals surface area contributed by atoms with Crippen LogP contribution in [0.4, 0.5) is 4.79 Å². The maximum absolute atomic E-state index is 12.3. The van der Waals surface area contributed by atoms with E-state index in [0.29, 0.717) is 18.6 Å². The zero-order chi connectivity index (χ0) is 22.4. The minimum absolute atomic E-state index is 0.151. The molecule has 2 aromatic heterocycles. The Kier molecular flexibility index (Phi) is 7.93. The van der Waals surface area contributed by atoms with Crippen LogP contribution in [0.25, 0.3) is 11.3 Å². The molecule has 0 N–H and O–H groups in total. The van der Waals surface area contributed by atoms with Crippen molar-refractivity contribution in [2.45, 2.75) is 72.0 Å². The molecule has 1 amide bonds. The average molecular weight is 429 g/mol. The van der Waals surface area contributed by atoms with Gasteiger partial charge in [-0.2, -0.15) is 5.10 Å². The van der Waals surface area contributed by atoms with Crippen molar-refractivity contribution in [2.24, 2.45) is 13.0 Å². The highest BCUT2D eigenvalue weighted by Crippen LogP contribution is 2.29. The lowest BCUT2D eigenvalue weighted by Gasteiger charge is -2.23. The summed E-state index contributed by atoms with van der Waals surface area (Å²) in [6.45, 7) is 7.08. The molecule has 1 fully saturated rings. The number of aromatic nitrogens is 3. The first-order valence-electron chi connectivity index (χ1n) is 11.4. The molecule has 170 valence electrons. The molecule has 2 aromatic rings. The van der Waals surface area contributed by atoms with Crippen LogP contribution in [0.15, 0.2) is 18.3 Å². The second kappa shape index (κ2) is 10.6. The summed E-state index contributed by atoms with van der Waals surface area (Å²) in [7, 11) is 3.62. The zero-order valence-electron chi connectivity index (χ0n) is 19.6. The second-order valence-corrected chi connectivity index (χ2v) is 8.95. The molecule has 0 aromatic carbocycles. The van der Waals surface area contributed by atoms with E-state index in [-0.39, 0.29) is 12.7 Å². The SMILES string of the molecule is Cc1nc(-c2cnn(C)c2COC(=O)N(C)CCC(C)C)ccc1OC1CCCCC1. The fourth-order valence-corrected chi connectivity index (χ4v) is 3.82. The van der Waals surface area contributed by atoms with E-state index in [0.717, 1.165) is 47.7 Å². The topological polar surface area (TPSA) is 69.5 Å². The van der Waals surface area contributed by atoms with Crippen molar-refractivity contribution in [1.29, 1.82) is 0 Å². The van der Waals surface area contributed by atoms with Gasteiger partial charge in [0.25, 0.3) is 0 Å². The molecule has 0 saturated heterocycles. The van der Waals surface area contributed by atoms with Gasteiger partial charge in [0.05, 0.1) is 29.4 Å². The first kappa shape index (κ1) is 23.1. The van der Waals surface area contributed by atoms with Crippen LogP contribution in [0.2, 0.25) is 0 Å². The second-order valence-electron chi connectivity index (χ2n) is 8.95. The smallest absolute Gasteiger partial charge is 0.409 e. The summed E-state index contributed by atoms with van der Waals surface area (Å²) >= 11 is 0.